The van der Waals surface area contributed by atoms with E-state index < -0.39 is 15.9 Å². The summed E-state index contributed by atoms with van der Waals surface area (Å²) in [6.45, 7) is 4.79. The van der Waals surface area contributed by atoms with Crippen molar-refractivity contribution in [2.75, 3.05) is 39.5 Å². The third-order valence-corrected chi connectivity index (χ3v) is 7.24. The van der Waals surface area contributed by atoms with Gasteiger partial charge in [-0.3, -0.25) is 14.9 Å². The molecule has 184 valence electrons. The van der Waals surface area contributed by atoms with Gasteiger partial charge in [0.25, 0.3) is 15.9 Å². The van der Waals surface area contributed by atoms with Crippen LogP contribution >= 0.6 is 0 Å². The Morgan fingerprint density at radius 3 is 2.60 bits per heavy atom. The monoisotopic (exact) mass is 497 g/mol. The zero-order chi connectivity index (χ0) is 24.7. The van der Waals surface area contributed by atoms with Crippen LogP contribution in [0.1, 0.15) is 5.56 Å². The molecule has 0 atom stereocenters. The first-order valence-corrected chi connectivity index (χ1v) is 12.6. The number of morpholine rings is 1. The fraction of sp³-hybridized carbons (Fsp3) is 0.240. The van der Waals surface area contributed by atoms with E-state index >= 15 is 0 Å². The highest BCUT2D eigenvalue weighted by Gasteiger charge is 2.17. The summed E-state index contributed by atoms with van der Waals surface area (Å²) in [5.74, 6) is 0.0513. The molecule has 0 unspecified atom stereocenters. The lowest BCUT2D eigenvalue weighted by Gasteiger charge is -2.26. The van der Waals surface area contributed by atoms with E-state index in [4.69, 9.17) is 14.7 Å². The normalized spacial score (nSPS) is 14.8. The molecule has 0 saturated carbocycles. The van der Waals surface area contributed by atoms with Gasteiger partial charge in [0.1, 0.15) is 12.4 Å². The lowest BCUT2D eigenvalue weighted by atomic mass is 10.1. The maximum absolute atomic E-state index is 13.1. The van der Waals surface area contributed by atoms with Gasteiger partial charge in [0, 0.05) is 38.1 Å². The number of carbonyl (C=O) groups excluding carboxylic acids is 1. The third kappa shape index (κ3) is 6.37. The van der Waals surface area contributed by atoms with Gasteiger partial charge in [0.2, 0.25) is 0 Å². The van der Waals surface area contributed by atoms with E-state index in [-0.39, 0.29) is 4.90 Å². The molecule has 9 nitrogen and oxygen atoms in total. The van der Waals surface area contributed by atoms with Gasteiger partial charge in [0.05, 0.1) is 18.1 Å². The van der Waals surface area contributed by atoms with Gasteiger partial charge in [-0.25, -0.2) is 17.9 Å². The maximum atomic E-state index is 13.1. The number of benzene rings is 2. The number of nitrogens with one attached hydrogen (secondary N) is 1. The average molecular weight is 498 g/mol. The number of carbonyl (C=O) groups is 1. The molecule has 1 aromatic heterocycles. The molecule has 0 bridgehead atoms. The molecule has 1 fully saturated rings. The van der Waals surface area contributed by atoms with Crippen LogP contribution < -0.4 is 10.2 Å². The molecular formula is C25H27N3O6S. The zero-order valence-corrected chi connectivity index (χ0v) is 19.9. The molecule has 2 heterocycles. The summed E-state index contributed by atoms with van der Waals surface area (Å²) in [5, 5.41) is 8.55. The second kappa shape index (κ2) is 11.3. The summed E-state index contributed by atoms with van der Waals surface area (Å²) < 4.78 is 38.5. The van der Waals surface area contributed by atoms with Crippen molar-refractivity contribution >= 4 is 22.0 Å². The number of nitrogens with zero attached hydrogens (tertiary/aromatic N) is 2. The Bertz CT molecular complexity index is 1280. The van der Waals surface area contributed by atoms with E-state index in [0.717, 1.165) is 59.8 Å². The molecule has 2 aromatic carbocycles. The molecule has 10 heteroatoms. The van der Waals surface area contributed by atoms with E-state index in [1.807, 2.05) is 30.3 Å². The minimum Gasteiger partial charge on any atom is -0.492 e. The number of hydrogen-bond donors (Lipinski definition) is 2. The summed E-state index contributed by atoms with van der Waals surface area (Å²) in [4.78, 5) is 13.6. The second-order valence-electron chi connectivity index (χ2n) is 7.94. The van der Waals surface area contributed by atoms with Gasteiger partial charge in [-0.1, -0.05) is 24.3 Å². The van der Waals surface area contributed by atoms with Crippen molar-refractivity contribution in [3.8, 4) is 16.9 Å². The Labute approximate surface area is 204 Å². The molecule has 4 rings (SSSR count). The smallest absolute Gasteiger partial charge is 0.267 e. The highest BCUT2D eigenvalue weighted by Crippen LogP contribution is 2.26. The highest BCUT2D eigenvalue weighted by molar-refractivity contribution is 7.90. The van der Waals surface area contributed by atoms with Gasteiger partial charge >= 0.3 is 0 Å². The van der Waals surface area contributed by atoms with Crippen LogP contribution in [0.15, 0.2) is 78.0 Å². The number of ether oxygens (including phenoxy) is 2. The van der Waals surface area contributed by atoms with Gasteiger partial charge in [-0.2, -0.15) is 0 Å². The van der Waals surface area contributed by atoms with Crippen LogP contribution in [0.5, 0.6) is 5.75 Å². The van der Waals surface area contributed by atoms with Crippen LogP contribution in [-0.4, -0.2) is 67.9 Å². The first kappa shape index (κ1) is 24.7. The number of rotatable bonds is 9. The van der Waals surface area contributed by atoms with E-state index in [1.165, 1.54) is 30.0 Å². The molecule has 0 spiro atoms. The summed E-state index contributed by atoms with van der Waals surface area (Å²) in [6, 6.07) is 15.8. The van der Waals surface area contributed by atoms with Gasteiger partial charge in [-0.05, 0) is 53.1 Å². The minimum absolute atomic E-state index is 0.139. The second-order valence-corrected chi connectivity index (χ2v) is 9.79. The third-order valence-electron chi connectivity index (χ3n) is 5.60. The summed E-state index contributed by atoms with van der Waals surface area (Å²) in [7, 11) is -3.83. The predicted molar refractivity (Wildman–Crippen MR) is 131 cm³/mol. The Kier molecular flexibility index (Phi) is 7.98. The summed E-state index contributed by atoms with van der Waals surface area (Å²) in [6.07, 6.45) is 5.30. The molecular weight excluding hydrogens is 470 g/mol. The summed E-state index contributed by atoms with van der Waals surface area (Å²) in [5.41, 5.74) is 3.61. The average Bonchev–Trinajstić information content (AvgIpc) is 3.38. The highest BCUT2D eigenvalue weighted by atomic mass is 32.2. The largest absolute Gasteiger partial charge is 0.492 e. The van der Waals surface area contributed by atoms with E-state index in [0.29, 0.717) is 12.2 Å². The molecule has 3 aromatic rings. The number of hydroxylamine groups is 1. The van der Waals surface area contributed by atoms with Crippen LogP contribution in [-0.2, 0) is 19.6 Å². The molecule has 0 radical (unpaired) electrons. The van der Waals surface area contributed by atoms with Gasteiger partial charge < -0.3 is 9.47 Å². The van der Waals surface area contributed by atoms with Crippen molar-refractivity contribution in [3.63, 3.8) is 0 Å². The molecule has 0 aliphatic carbocycles. The molecule has 1 aliphatic rings. The molecule has 1 amide bonds. The fourth-order valence-corrected chi connectivity index (χ4v) is 4.92. The van der Waals surface area contributed by atoms with E-state index in [9.17, 15) is 13.2 Å². The van der Waals surface area contributed by atoms with Crippen LogP contribution in [0.3, 0.4) is 0 Å². The van der Waals surface area contributed by atoms with E-state index in [1.54, 1.807) is 18.2 Å². The summed E-state index contributed by atoms with van der Waals surface area (Å²) >= 11 is 0. The van der Waals surface area contributed by atoms with Crippen molar-refractivity contribution in [2.24, 2.45) is 0 Å². The SMILES string of the molecule is O=C(C=Cc1ccn(S(=O)(=O)c2cccc(-c3ccc(OCCN4CCOCC4)cc3)c2)c1)NO. The number of amides is 1. The zero-order valence-electron chi connectivity index (χ0n) is 19.0. The molecule has 1 aliphatic heterocycles. The van der Waals surface area contributed by atoms with Crippen molar-refractivity contribution in [1.29, 1.82) is 0 Å². The predicted octanol–water partition coefficient (Wildman–Crippen LogP) is 2.62. The lowest BCUT2D eigenvalue weighted by Crippen LogP contribution is -2.38. The van der Waals surface area contributed by atoms with Crippen LogP contribution in [0.4, 0.5) is 0 Å². The standard InChI is InChI=1S/C25H27N3O6S/c29-25(26-30)9-4-20-10-11-28(19-20)35(31,32)24-3-1-2-22(18-24)21-5-7-23(8-6-21)34-17-14-27-12-15-33-16-13-27/h1-11,18-19,30H,12-17H2,(H,26,29). The van der Waals surface area contributed by atoms with Crippen molar-refractivity contribution in [1.82, 2.24) is 14.4 Å². The topological polar surface area (TPSA) is 110 Å². The minimum atomic E-state index is -3.83. The first-order valence-electron chi connectivity index (χ1n) is 11.1. The fourth-order valence-electron chi connectivity index (χ4n) is 3.67. The molecule has 2 N–H and O–H groups in total. The molecule has 35 heavy (non-hydrogen) atoms. The van der Waals surface area contributed by atoms with Crippen LogP contribution in [0, 0.1) is 0 Å². The number of hydrogen-bond acceptors (Lipinski definition) is 7. The Balaban J connectivity index is 1.43. The molecule has 1 saturated heterocycles. The Morgan fingerprint density at radius 2 is 1.86 bits per heavy atom. The Hall–Kier alpha value is -3.44. The van der Waals surface area contributed by atoms with Crippen molar-refractivity contribution < 1.29 is 27.9 Å². The number of aromatic nitrogens is 1. The van der Waals surface area contributed by atoms with Crippen LogP contribution in [0.25, 0.3) is 17.2 Å². The van der Waals surface area contributed by atoms with Crippen LogP contribution in [0.2, 0.25) is 0 Å². The van der Waals surface area contributed by atoms with Crippen molar-refractivity contribution in [2.45, 2.75) is 4.90 Å². The van der Waals surface area contributed by atoms with Gasteiger partial charge in [0.15, 0.2) is 0 Å². The quantitative estimate of drug-likeness (QED) is 0.266. The van der Waals surface area contributed by atoms with Crippen molar-refractivity contribution in [3.05, 3.63) is 78.6 Å². The maximum Gasteiger partial charge on any atom is 0.267 e. The van der Waals surface area contributed by atoms with E-state index in [2.05, 4.69) is 4.90 Å². The first-order chi connectivity index (χ1) is 17.0. The lowest BCUT2D eigenvalue weighted by molar-refractivity contribution is -0.124. The Morgan fingerprint density at radius 1 is 1.09 bits per heavy atom. The van der Waals surface area contributed by atoms with Gasteiger partial charge in [-0.15, -0.1) is 0 Å².